The van der Waals surface area contributed by atoms with Crippen LogP contribution in [0.4, 0.5) is 4.39 Å². The number of carbonyl (C=O) groups is 1. The van der Waals surface area contributed by atoms with E-state index >= 15 is 0 Å². The molecule has 0 saturated heterocycles. The zero-order valence-electron chi connectivity index (χ0n) is 18.5. The summed E-state index contributed by atoms with van der Waals surface area (Å²) >= 11 is 0. The molecule has 0 bridgehead atoms. The second kappa shape index (κ2) is 8.71. The summed E-state index contributed by atoms with van der Waals surface area (Å²) < 4.78 is 20.1. The lowest BCUT2D eigenvalue weighted by molar-refractivity contribution is 0.0940. The van der Waals surface area contributed by atoms with Crippen LogP contribution in [-0.2, 0) is 0 Å². The lowest BCUT2D eigenvalue weighted by atomic mass is 9.85. The number of nitriles is 1. The average molecular weight is 459 g/mol. The SMILES string of the molecule is Cc1onc2c1c(=O)n(C1CCCC(CNC(=O)c3ccc(F)nc3)C1)c1cccc(C#N)c21. The Hall–Kier alpha value is -4.06. The van der Waals surface area contributed by atoms with Crippen molar-refractivity contribution in [2.75, 3.05) is 6.54 Å². The lowest BCUT2D eigenvalue weighted by Gasteiger charge is -2.31. The molecule has 2 unspecified atom stereocenters. The number of aryl methyl sites for hydroxylation is 1. The highest BCUT2D eigenvalue weighted by atomic mass is 19.1. The van der Waals surface area contributed by atoms with Gasteiger partial charge in [-0.2, -0.15) is 9.65 Å². The predicted octanol–water partition coefficient (Wildman–Crippen LogP) is 4.02. The van der Waals surface area contributed by atoms with Gasteiger partial charge >= 0.3 is 0 Å². The molecule has 0 spiro atoms. The summed E-state index contributed by atoms with van der Waals surface area (Å²) in [5.74, 6) is -0.353. The Kier molecular flexibility index (Phi) is 5.57. The van der Waals surface area contributed by atoms with E-state index in [1.165, 1.54) is 12.3 Å². The molecule has 0 aliphatic heterocycles. The fourth-order valence-electron chi connectivity index (χ4n) is 5.00. The van der Waals surface area contributed by atoms with E-state index in [-0.39, 0.29) is 23.4 Å². The summed E-state index contributed by atoms with van der Waals surface area (Å²) in [6.45, 7) is 2.14. The minimum Gasteiger partial charge on any atom is -0.360 e. The van der Waals surface area contributed by atoms with Crippen LogP contribution in [-0.4, -0.2) is 27.2 Å². The fraction of sp³-hybridized carbons (Fsp3) is 0.320. The van der Waals surface area contributed by atoms with Crippen LogP contribution in [0, 0.1) is 30.1 Å². The predicted molar refractivity (Wildman–Crippen MR) is 123 cm³/mol. The van der Waals surface area contributed by atoms with Crippen molar-refractivity contribution in [3.05, 3.63) is 69.7 Å². The first-order valence-electron chi connectivity index (χ1n) is 11.2. The Morgan fingerprint density at radius 3 is 2.91 bits per heavy atom. The van der Waals surface area contributed by atoms with Crippen LogP contribution < -0.4 is 10.9 Å². The van der Waals surface area contributed by atoms with Gasteiger partial charge in [0.15, 0.2) is 0 Å². The van der Waals surface area contributed by atoms with Crippen LogP contribution in [0.2, 0.25) is 0 Å². The Labute approximate surface area is 194 Å². The monoisotopic (exact) mass is 459 g/mol. The van der Waals surface area contributed by atoms with Crippen LogP contribution in [0.1, 0.15) is 53.4 Å². The minimum atomic E-state index is -0.635. The summed E-state index contributed by atoms with van der Waals surface area (Å²) in [4.78, 5) is 29.5. The second-order valence-corrected chi connectivity index (χ2v) is 8.72. The third kappa shape index (κ3) is 3.71. The van der Waals surface area contributed by atoms with Crippen molar-refractivity contribution >= 4 is 27.7 Å². The third-order valence-corrected chi connectivity index (χ3v) is 6.62. The van der Waals surface area contributed by atoms with Crippen molar-refractivity contribution in [1.29, 1.82) is 5.26 Å². The van der Waals surface area contributed by atoms with Gasteiger partial charge in [0.1, 0.15) is 16.7 Å². The molecule has 34 heavy (non-hydrogen) atoms. The number of hydrogen-bond donors (Lipinski definition) is 1. The van der Waals surface area contributed by atoms with Gasteiger partial charge in [0, 0.05) is 24.2 Å². The number of nitrogens with one attached hydrogen (secondary N) is 1. The van der Waals surface area contributed by atoms with Gasteiger partial charge < -0.3 is 14.4 Å². The number of aromatic nitrogens is 3. The Morgan fingerprint density at radius 2 is 2.15 bits per heavy atom. The molecule has 1 aliphatic rings. The standard InChI is InChI=1S/C25H22FN5O3/c1-14-21-23(30-34-14)22-16(11-27)5-3-7-19(22)31(25(21)33)18-6-2-4-15(10-18)12-29-24(32)17-8-9-20(26)28-13-17/h3,5,7-9,13,15,18H,2,4,6,10,12H2,1H3,(H,29,32). The quantitative estimate of drug-likeness (QED) is 0.461. The summed E-state index contributed by atoms with van der Waals surface area (Å²) in [5, 5.41) is 17.7. The van der Waals surface area contributed by atoms with E-state index < -0.39 is 5.95 Å². The van der Waals surface area contributed by atoms with E-state index in [9.17, 15) is 19.2 Å². The first-order valence-corrected chi connectivity index (χ1v) is 11.2. The van der Waals surface area contributed by atoms with Crippen LogP contribution in [0.15, 0.2) is 45.8 Å². The first kappa shape index (κ1) is 21.8. The Morgan fingerprint density at radius 1 is 1.29 bits per heavy atom. The number of hydrogen-bond acceptors (Lipinski definition) is 6. The number of halogens is 1. The molecule has 9 heteroatoms. The second-order valence-electron chi connectivity index (χ2n) is 8.72. The molecule has 3 aromatic heterocycles. The maximum atomic E-state index is 13.6. The van der Waals surface area contributed by atoms with Crippen molar-refractivity contribution < 1.29 is 13.7 Å². The van der Waals surface area contributed by atoms with Crippen molar-refractivity contribution in [3.8, 4) is 6.07 Å². The fourth-order valence-corrected chi connectivity index (χ4v) is 5.00. The zero-order chi connectivity index (χ0) is 23.8. The van der Waals surface area contributed by atoms with Gasteiger partial charge in [-0.15, -0.1) is 0 Å². The minimum absolute atomic E-state index is 0.0919. The molecule has 3 heterocycles. The zero-order valence-corrected chi connectivity index (χ0v) is 18.5. The van der Waals surface area contributed by atoms with E-state index in [2.05, 4.69) is 21.5 Å². The van der Waals surface area contributed by atoms with Gasteiger partial charge in [-0.3, -0.25) is 9.59 Å². The van der Waals surface area contributed by atoms with Crippen molar-refractivity contribution in [3.63, 3.8) is 0 Å². The summed E-state index contributed by atoms with van der Waals surface area (Å²) in [6, 6.07) is 9.99. The molecule has 1 aromatic carbocycles. The Bertz CT molecular complexity index is 1500. The number of rotatable bonds is 4. The molecule has 1 amide bonds. The topological polar surface area (TPSA) is 114 Å². The van der Waals surface area contributed by atoms with Gasteiger partial charge in [0.2, 0.25) is 5.95 Å². The lowest BCUT2D eigenvalue weighted by Crippen LogP contribution is -2.34. The molecule has 1 saturated carbocycles. The molecule has 1 fully saturated rings. The number of pyridine rings is 2. The van der Waals surface area contributed by atoms with E-state index in [0.29, 0.717) is 51.7 Å². The number of carbonyl (C=O) groups excluding carboxylic acids is 1. The first-order chi connectivity index (χ1) is 16.5. The van der Waals surface area contributed by atoms with Gasteiger partial charge in [0.25, 0.3) is 11.5 Å². The van der Waals surface area contributed by atoms with Crippen LogP contribution in [0.25, 0.3) is 21.8 Å². The smallest absolute Gasteiger partial charge is 0.264 e. The third-order valence-electron chi connectivity index (χ3n) is 6.62. The molecular weight excluding hydrogens is 437 g/mol. The van der Waals surface area contributed by atoms with E-state index in [1.807, 2.05) is 6.07 Å². The van der Waals surface area contributed by atoms with Gasteiger partial charge in [-0.05, 0) is 56.4 Å². The normalized spacial score (nSPS) is 18.1. The maximum Gasteiger partial charge on any atom is 0.264 e. The van der Waals surface area contributed by atoms with E-state index in [4.69, 9.17) is 4.52 Å². The van der Waals surface area contributed by atoms with Crippen molar-refractivity contribution in [2.24, 2.45) is 5.92 Å². The largest absolute Gasteiger partial charge is 0.360 e. The van der Waals surface area contributed by atoms with Crippen molar-refractivity contribution in [1.82, 2.24) is 20.0 Å². The highest BCUT2D eigenvalue weighted by molar-refractivity contribution is 6.06. The van der Waals surface area contributed by atoms with Gasteiger partial charge in [-0.25, -0.2) is 4.98 Å². The van der Waals surface area contributed by atoms with Gasteiger partial charge in [0.05, 0.1) is 22.7 Å². The van der Waals surface area contributed by atoms with Crippen LogP contribution in [0.5, 0.6) is 0 Å². The average Bonchev–Trinajstić information content (AvgIpc) is 3.24. The Balaban J connectivity index is 1.46. The number of amides is 1. The summed E-state index contributed by atoms with van der Waals surface area (Å²) in [6.07, 6.45) is 4.54. The number of benzene rings is 1. The molecule has 4 aromatic rings. The highest BCUT2D eigenvalue weighted by Gasteiger charge is 2.28. The molecule has 2 atom stereocenters. The summed E-state index contributed by atoms with van der Waals surface area (Å²) in [5.41, 5.74) is 1.64. The van der Waals surface area contributed by atoms with Crippen LogP contribution >= 0.6 is 0 Å². The van der Waals surface area contributed by atoms with E-state index in [1.54, 1.807) is 23.6 Å². The highest BCUT2D eigenvalue weighted by Crippen LogP contribution is 2.35. The number of nitrogens with zero attached hydrogens (tertiary/aromatic N) is 4. The number of fused-ring (bicyclic) bond motifs is 3. The molecule has 1 N–H and O–H groups in total. The molecule has 1 aliphatic carbocycles. The van der Waals surface area contributed by atoms with E-state index in [0.717, 1.165) is 25.3 Å². The molecular formula is C25H22FN5O3. The summed E-state index contributed by atoms with van der Waals surface area (Å²) in [7, 11) is 0. The molecule has 8 nitrogen and oxygen atoms in total. The molecule has 5 rings (SSSR count). The molecule has 172 valence electrons. The van der Waals surface area contributed by atoms with Crippen LogP contribution in [0.3, 0.4) is 0 Å². The molecule has 0 radical (unpaired) electrons. The van der Waals surface area contributed by atoms with Gasteiger partial charge in [-0.1, -0.05) is 17.6 Å². The van der Waals surface area contributed by atoms with Crippen molar-refractivity contribution in [2.45, 2.75) is 38.6 Å². The maximum absolute atomic E-state index is 13.6.